The van der Waals surface area contributed by atoms with E-state index in [0.717, 1.165) is 17.1 Å². The highest BCUT2D eigenvalue weighted by Gasteiger charge is 2.18. The topological polar surface area (TPSA) is 3.24 Å². The summed E-state index contributed by atoms with van der Waals surface area (Å²) in [6, 6.07) is 68.3. The van der Waals surface area contributed by atoms with E-state index < -0.39 is 0 Å². The third kappa shape index (κ3) is 4.72. The van der Waals surface area contributed by atoms with Crippen LogP contribution < -0.4 is 4.90 Å². The van der Waals surface area contributed by atoms with Crippen molar-refractivity contribution in [1.29, 1.82) is 0 Å². The molecule has 47 heavy (non-hydrogen) atoms. The second kappa shape index (κ2) is 11.3. The van der Waals surface area contributed by atoms with Gasteiger partial charge in [-0.25, -0.2) is 0 Å². The Balaban J connectivity index is 1.30. The molecule has 0 atom stereocenters. The summed E-state index contributed by atoms with van der Waals surface area (Å²) in [6.45, 7) is 0. The van der Waals surface area contributed by atoms with Crippen molar-refractivity contribution in [2.24, 2.45) is 0 Å². The van der Waals surface area contributed by atoms with Crippen molar-refractivity contribution in [3.05, 3.63) is 188 Å². The third-order valence-electron chi connectivity index (χ3n) is 9.43. The van der Waals surface area contributed by atoms with Gasteiger partial charge in [0.25, 0.3) is 0 Å². The fourth-order valence-corrected chi connectivity index (χ4v) is 7.16. The van der Waals surface area contributed by atoms with Crippen molar-refractivity contribution >= 4 is 60.2 Å². The van der Waals surface area contributed by atoms with Gasteiger partial charge in [-0.2, -0.15) is 0 Å². The summed E-state index contributed by atoms with van der Waals surface area (Å²) in [7, 11) is 0. The van der Waals surface area contributed by atoms with Gasteiger partial charge in [0, 0.05) is 16.8 Å². The Kier molecular flexibility index (Phi) is 6.54. The zero-order chi connectivity index (χ0) is 31.2. The highest BCUT2D eigenvalue weighted by molar-refractivity contribution is 6.21. The predicted octanol–water partition coefficient (Wildman–Crippen LogP) is 13.1. The second-order valence-corrected chi connectivity index (χ2v) is 12.1. The van der Waals surface area contributed by atoms with Crippen molar-refractivity contribution < 1.29 is 0 Å². The molecule has 0 unspecified atom stereocenters. The van der Waals surface area contributed by atoms with Gasteiger partial charge in [0.1, 0.15) is 0 Å². The third-order valence-corrected chi connectivity index (χ3v) is 9.43. The molecule has 0 aliphatic heterocycles. The first kappa shape index (κ1) is 27.2. The van der Waals surface area contributed by atoms with Gasteiger partial charge in [0.15, 0.2) is 0 Å². The first-order valence-electron chi connectivity index (χ1n) is 16.2. The number of hydrogen-bond acceptors (Lipinski definition) is 1. The standard InChI is InChI=1S/C46H31N/c1-3-11-32(12-4-1)33-23-26-38(27-24-33)47(45-30-29-40(34-13-5-2-6-14-34)42-17-9-10-18-43(42)45)39-28-25-36-20-22-37-21-19-35-15-7-8-16-41(35)46(37)44(36)31-39/h1-31H. The molecule has 9 aromatic carbocycles. The zero-order valence-corrected chi connectivity index (χ0v) is 25.8. The average molecular weight is 598 g/mol. The van der Waals surface area contributed by atoms with Crippen LogP contribution in [-0.2, 0) is 0 Å². The predicted molar refractivity (Wildman–Crippen MR) is 202 cm³/mol. The first-order chi connectivity index (χ1) is 23.3. The largest absolute Gasteiger partial charge is 0.310 e. The number of rotatable bonds is 5. The van der Waals surface area contributed by atoms with Gasteiger partial charge in [-0.05, 0) is 90.3 Å². The number of benzene rings is 9. The van der Waals surface area contributed by atoms with E-state index in [1.54, 1.807) is 0 Å². The van der Waals surface area contributed by atoms with Crippen molar-refractivity contribution in [2.45, 2.75) is 0 Å². The Hall–Kier alpha value is -6.18. The van der Waals surface area contributed by atoms with E-state index in [9.17, 15) is 0 Å². The quantitative estimate of drug-likeness (QED) is 0.178. The molecule has 0 heterocycles. The van der Waals surface area contributed by atoms with Gasteiger partial charge in [-0.3, -0.25) is 0 Å². The number of anilines is 3. The van der Waals surface area contributed by atoms with E-state index in [4.69, 9.17) is 0 Å². The molecule has 0 saturated heterocycles. The Morgan fingerprint density at radius 3 is 1.57 bits per heavy atom. The maximum atomic E-state index is 2.43. The normalized spacial score (nSPS) is 11.4. The molecule has 1 nitrogen and oxygen atoms in total. The number of fused-ring (bicyclic) bond motifs is 6. The molecule has 0 aliphatic carbocycles. The van der Waals surface area contributed by atoms with Crippen LogP contribution in [-0.4, -0.2) is 0 Å². The molecular formula is C46H31N. The zero-order valence-electron chi connectivity index (χ0n) is 25.8. The minimum absolute atomic E-state index is 1.12. The molecular weight excluding hydrogens is 567 g/mol. The van der Waals surface area contributed by atoms with Gasteiger partial charge in [-0.15, -0.1) is 0 Å². The Bertz CT molecular complexity index is 2540. The van der Waals surface area contributed by atoms with E-state index in [2.05, 4.69) is 193 Å². The highest BCUT2D eigenvalue weighted by atomic mass is 15.1. The summed E-state index contributed by atoms with van der Waals surface area (Å²) in [5, 5.41) is 10.0. The van der Waals surface area contributed by atoms with Crippen molar-refractivity contribution in [1.82, 2.24) is 0 Å². The Labute approximate surface area is 274 Å². The van der Waals surface area contributed by atoms with Gasteiger partial charge in [-0.1, -0.05) is 158 Å². The second-order valence-electron chi connectivity index (χ2n) is 12.1. The molecule has 0 N–H and O–H groups in total. The van der Waals surface area contributed by atoms with E-state index in [0.29, 0.717) is 0 Å². The van der Waals surface area contributed by atoms with Gasteiger partial charge in [0.2, 0.25) is 0 Å². The lowest BCUT2D eigenvalue weighted by atomic mass is 9.95. The highest BCUT2D eigenvalue weighted by Crippen LogP contribution is 2.44. The molecule has 0 spiro atoms. The van der Waals surface area contributed by atoms with Crippen molar-refractivity contribution in [2.75, 3.05) is 4.90 Å². The summed E-state index contributed by atoms with van der Waals surface area (Å²) < 4.78 is 0. The van der Waals surface area contributed by atoms with Crippen LogP contribution in [0, 0.1) is 0 Å². The van der Waals surface area contributed by atoms with Crippen LogP contribution in [0.15, 0.2) is 188 Å². The molecule has 1 heteroatoms. The summed E-state index contributed by atoms with van der Waals surface area (Å²) in [5.41, 5.74) is 8.27. The lowest BCUT2D eigenvalue weighted by Gasteiger charge is -2.28. The van der Waals surface area contributed by atoms with E-state index in [1.165, 1.54) is 65.3 Å². The average Bonchev–Trinajstić information content (AvgIpc) is 3.15. The molecule has 0 saturated carbocycles. The van der Waals surface area contributed by atoms with Crippen LogP contribution in [0.3, 0.4) is 0 Å². The Morgan fingerprint density at radius 1 is 0.298 bits per heavy atom. The van der Waals surface area contributed by atoms with Crippen LogP contribution in [0.5, 0.6) is 0 Å². The molecule has 0 fully saturated rings. The van der Waals surface area contributed by atoms with Crippen LogP contribution in [0.4, 0.5) is 17.1 Å². The van der Waals surface area contributed by atoms with Crippen LogP contribution in [0.1, 0.15) is 0 Å². The summed E-state index contributed by atoms with van der Waals surface area (Å²) in [6.07, 6.45) is 0. The summed E-state index contributed by atoms with van der Waals surface area (Å²) >= 11 is 0. The van der Waals surface area contributed by atoms with Gasteiger partial charge in [0.05, 0.1) is 5.69 Å². The molecule has 220 valence electrons. The molecule has 0 amide bonds. The number of hydrogen-bond donors (Lipinski definition) is 0. The molecule has 0 bridgehead atoms. The summed E-state index contributed by atoms with van der Waals surface area (Å²) in [5.74, 6) is 0. The van der Waals surface area contributed by atoms with Crippen LogP contribution >= 0.6 is 0 Å². The first-order valence-corrected chi connectivity index (χ1v) is 16.2. The Morgan fingerprint density at radius 2 is 0.830 bits per heavy atom. The minimum Gasteiger partial charge on any atom is -0.310 e. The minimum atomic E-state index is 1.12. The molecule has 0 radical (unpaired) electrons. The fraction of sp³-hybridized carbons (Fsp3) is 0. The lowest BCUT2D eigenvalue weighted by molar-refractivity contribution is 1.30. The molecule has 0 aliphatic rings. The maximum Gasteiger partial charge on any atom is 0.0540 e. The lowest BCUT2D eigenvalue weighted by Crippen LogP contribution is -2.10. The monoisotopic (exact) mass is 597 g/mol. The fourth-order valence-electron chi connectivity index (χ4n) is 7.16. The maximum absolute atomic E-state index is 2.43. The smallest absolute Gasteiger partial charge is 0.0540 e. The van der Waals surface area contributed by atoms with Crippen LogP contribution in [0.25, 0.3) is 65.3 Å². The van der Waals surface area contributed by atoms with E-state index in [-0.39, 0.29) is 0 Å². The number of nitrogens with zero attached hydrogens (tertiary/aromatic N) is 1. The van der Waals surface area contributed by atoms with Crippen molar-refractivity contribution in [3.8, 4) is 22.3 Å². The van der Waals surface area contributed by atoms with Gasteiger partial charge < -0.3 is 4.90 Å². The molecule has 9 rings (SSSR count). The van der Waals surface area contributed by atoms with E-state index >= 15 is 0 Å². The van der Waals surface area contributed by atoms with Crippen LogP contribution in [0.2, 0.25) is 0 Å². The molecule has 0 aromatic heterocycles. The molecule has 9 aromatic rings. The van der Waals surface area contributed by atoms with Gasteiger partial charge >= 0.3 is 0 Å². The van der Waals surface area contributed by atoms with E-state index in [1.807, 2.05) is 0 Å². The SMILES string of the molecule is c1ccc(-c2ccc(N(c3ccc4ccc5ccc6ccccc6c5c4c3)c3ccc(-c4ccccc4)c4ccccc34)cc2)cc1. The summed E-state index contributed by atoms with van der Waals surface area (Å²) in [4.78, 5) is 2.43. The van der Waals surface area contributed by atoms with Crippen molar-refractivity contribution in [3.63, 3.8) is 0 Å².